The third-order valence-electron chi connectivity index (χ3n) is 3.32. The molecular weight excluding hydrogens is 332 g/mol. The van der Waals surface area contributed by atoms with Crippen LogP contribution in [0.2, 0.25) is 0 Å². The summed E-state index contributed by atoms with van der Waals surface area (Å²) in [5, 5.41) is 3.04. The van der Waals surface area contributed by atoms with E-state index >= 15 is 0 Å². The second-order valence-electron chi connectivity index (χ2n) is 4.92. The highest BCUT2D eigenvalue weighted by Crippen LogP contribution is 2.31. The zero-order chi connectivity index (χ0) is 16.4. The summed E-state index contributed by atoms with van der Waals surface area (Å²) in [5.41, 5.74) is 0.544. The van der Waals surface area contributed by atoms with Gasteiger partial charge in [0.15, 0.2) is 0 Å². The highest BCUT2D eigenvalue weighted by Gasteiger charge is 2.30. The summed E-state index contributed by atoms with van der Waals surface area (Å²) in [4.78, 5) is 3.95. The molecular formula is C14H12F4N4S. The van der Waals surface area contributed by atoms with Gasteiger partial charge < -0.3 is 10.0 Å². The number of hydrogen-bond donors (Lipinski definition) is 3. The first kappa shape index (κ1) is 15.9. The molecule has 4 nitrogen and oxygen atoms in total. The predicted octanol–water partition coefficient (Wildman–Crippen LogP) is 3.97. The molecule has 0 saturated carbocycles. The number of anilines is 2. The van der Waals surface area contributed by atoms with E-state index in [4.69, 9.17) is 0 Å². The van der Waals surface area contributed by atoms with E-state index in [1.807, 2.05) is 0 Å². The minimum absolute atomic E-state index is 0.153. The fourth-order valence-corrected chi connectivity index (χ4v) is 2.83. The molecule has 1 aromatic heterocycles. The van der Waals surface area contributed by atoms with E-state index < -0.39 is 17.6 Å². The maximum Gasteiger partial charge on any atom is 0.416 e. The van der Waals surface area contributed by atoms with Crippen molar-refractivity contribution < 1.29 is 17.6 Å². The predicted molar refractivity (Wildman–Crippen MR) is 81.2 cm³/mol. The van der Waals surface area contributed by atoms with Crippen molar-refractivity contribution in [1.29, 1.82) is 0 Å². The van der Waals surface area contributed by atoms with Crippen molar-refractivity contribution in [1.82, 2.24) is 9.71 Å². The van der Waals surface area contributed by atoms with Crippen LogP contribution < -0.4 is 14.8 Å². The average molecular weight is 344 g/mol. The molecule has 0 aliphatic carbocycles. The highest BCUT2D eigenvalue weighted by molar-refractivity contribution is 7.98. The van der Waals surface area contributed by atoms with Crippen molar-refractivity contribution in [3.05, 3.63) is 53.5 Å². The smallest absolute Gasteiger partial charge is 0.368 e. The van der Waals surface area contributed by atoms with Crippen LogP contribution in [0.15, 0.2) is 36.5 Å². The van der Waals surface area contributed by atoms with Gasteiger partial charge >= 0.3 is 6.18 Å². The maximum absolute atomic E-state index is 13.2. The Morgan fingerprint density at radius 3 is 2.65 bits per heavy atom. The summed E-state index contributed by atoms with van der Waals surface area (Å²) in [6.07, 6.45) is -3.21. The van der Waals surface area contributed by atoms with Crippen LogP contribution in [-0.4, -0.2) is 11.5 Å². The lowest BCUT2D eigenvalue weighted by Gasteiger charge is -2.13. The van der Waals surface area contributed by atoms with Gasteiger partial charge in [0.2, 0.25) is 0 Å². The molecule has 9 heteroatoms. The lowest BCUT2D eigenvalue weighted by molar-refractivity contribution is -0.137. The van der Waals surface area contributed by atoms with Crippen LogP contribution in [0.1, 0.15) is 17.2 Å². The van der Waals surface area contributed by atoms with Gasteiger partial charge in [-0.05, 0) is 30.3 Å². The van der Waals surface area contributed by atoms with E-state index in [1.54, 1.807) is 0 Å². The van der Waals surface area contributed by atoms with Crippen LogP contribution in [0.3, 0.4) is 0 Å². The molecule has 1 aliphatic rings. The molecule has 1 unspecified atom stereocenters. The largest absolute Gasteiger partial charge is 0.416 e. The first-order valence-corrected chi connectivity index (χ1v) is 7.49. The average Bonchev–Trinajstić information content (AvgIpc) is 2.89. The van der Waals surface area contributed by atoms with Gasteiger partial charge in [-0.15, -0.1) is 0 Å². The number of nitrogens with zero attached hydrogens (tertiary/aromatic N) is 1. The Hall–Kier alpha value is -2.00. The number of aromatic nitrogens is 1. The Morgan fingerprint density at radius 1 is 1.22 bits per heavy atom. The molecule has 2 heterocycles. The molecule has 1 aliphatic heterocycles. The molecule has 1 aromatic carbocycles. The Labute approximate surface area is 134 Å². The SMILES string of the molecule is Fc1cnc2c(c1)C(NSNc1ccc(C(F)(F)F)cc1)CN2. The lowest BCUT2D eigenvalue weighted by Crippen LogP contribution is -2.17. The number of fused-ring (bicyclic) bond motifs is 1. The fourth-order valence-electron chi connectivity index (χ4n) is 2.17. The third-order valence-corrected chi connectivity index (χ3v) is 4.06. The van der Waals surface area contributed by atoms with Gasteiger partial charge in [-0.2, -0.15) is 13.2 Å². The number of alkyl halides is 3. The Morgan fingerprint density at radius 2 is 1.96 bits per heavy atom. The summed E-state index contributed by atoms with van der Waals surface area (Å²) >= 11 is 1.11. The van der Waals surface area contributed by atoms with Crippen LogP contribution in [0.5, 0.6) is 0 Å². The number of hydrogen-bond acceptors (Lipinski definition) is 5. The summed E-state index contributed by atoms with van der Waals surface area (Å²) in [7, 11) is 0. The first-order valence-electron chi connectivity index (χ1n) is 6.67. The second kappa shape index (κ2) is 6.25. The van der Waals surface area contributed by atoms with E-state index in [2.05, 4.69) is 19.7 Å². The van der Waals surface area contributed by atoms with Crippen LogP contribution in [0, 0.1) is 5.82 Å². The molecule has 122 valence electrons. The Bertz CT molecular complexity index is 690. The van der Waals surface area contributed by atoms with Crippen molar-refractivity contribution in [3.8, 4) is 0 Å². The summed E-state index contributed by atoms with van der Waals surface area (Å²) < 4.78 is 56.6. The minimum Gasteiger partial charge on any atom is -0.368 e. The number of halogens is 4. The van der Waals surface area contributed by atoms with Crippen molar-refractivity contribution in [2.75, 3.05) is 16.6 Å². The molecule has 0 amide bonds. The van der Waals surface area contributed by atoms with E-state index in [1.165, 1.54) is 18.2 Å². The van der Waals surface area contributed by atoms with Gasteiger partial charge in [-0.25, -0.2) is 14.1 Å². The second-order valence-corrected chi connectivity index (χ2v) is 5.57. The van der Waals surface area contributed by atoms with Crippen molar-refractivity contribution >= 4 is 23.6 Å². The van der Waals surface area contributed by atoms with E-state index in [9.17, 15) is 17.6 Å². The number of pyridine rings is 1. The van der Waals surface area contributed by atoms with Crippen LogP contribution in [0.25, 0.3) is 0 Å². The summed E-state index contributed by atoms with van der Waals surface area (Å²) in [6.45, 7) is 0.549. The Kier molecular flexibility index (Phi) is 4.31. The molecule has 2 aromatic rings. The molecule has 0 saturated heterocycles. The van der Waals surface area contributed by atoms with Gasteiger partial charge in [-0.3, -0.25) is 0 Å². The monoisotopic (exact) mass is 344 g/mol. The topological polar surface area (TPSA) is 49.0 Å². The standard InChI is InChI=1S/C14H12F4N4S/c15-9-5-11-12(7-20-13(11)19-6-9)22-23-21-10-3-1-8(2-4-10)14(16,17)18/h1-6,12,21-22H,7H2,(H,19,20). The van der Waals surface area contributed by atoms with Crippen LogP contribution in [0.4, 0.5) is 29.1 Å². The molecule has 3 rings (SSSR count). The van der Waals surface area contributed by atoms with E-state index in [0.717, 1.165) is 30.5 Å². The van der Waals surface area contributed by atoms with Crippen molar-refractivity contribution in [2.24, 2.45) is 0 Å². The number of benzene rings is 1. The molecule has 1 atom stereocenters. The minimum atomic E-state index is -4.35. The molecule has 0 radical (unpaired) electrons. The number of rotatable bonds is 4. The summed E-state index contributed by atoms with van der Waals surface area (Å²) in [5.74, 6) is 0.207. The molecule has 3 N–H and O–H groups in total. The molecule has 0 fully saturated rings. The van der Waals surface area contributed by atoms with Gasteiger partial charge in [-0.1, -0.05) is 0 Å². The van der Waals surface area contributed by atoms with Crippen LogP contribution in [-0.2, 0) is 6.18 Å². The molecule has 0 spiro atoms. The lowest BCUT2D eigenvalue weighted by atomic mass is 10.2. The first-order chi connectivity index (χ1) is 10.9. The zero-order valence-electron chi connectivity index (χ0n) is 11.6. The van der Waals surface area contributed by atoms with E-state index in [0.29, 0.717) is 23.6 Å². The quantitative estimate of drug-likeness (QED) is 0.579. The third kappa shape index (κ3) is 3.67. The molecule has 23 heavy (non-hydrogen) atoms. The van der Waals surface area contributed by atoms with Crippen molar-refractivity contribution in [2.45, 2.75) is 12.2 Å². The Balaban J connectivity index is 1.56. The normalized spacial score (nSPS) is 16.8. The van der Waals surface area contributed by atoms with Gasteiger partial charge in [0.05, 0.1) is 17.8 Å². The highest BCUT2D eigenvalue weighted by atomic mass is 32.2. The van der Waals surface area contributed by atoms with Crippen molar-refractivity contribution in [3.63, 3.8) is 0 Å². The maximum atomic E-state index is 13.2. The zero-order valence-corrected chi connectivity index (χ0v) is 12.4. The van der Waals surface area contributed by atoms with Gasteiger partial charge in [0, 0.05) is 29.9 Å². The fraction of sp³-hybridized carbons (Fsp3) is 0.214. The van der Waals surface area contributed by atoms with E-state index in [-0.39, 0.29) is 6.04 Å². The van der Waals surface area contributed by atoms with Crippen LogP contribution >= 0.6 is 12.1 Å². The van der Waals surface area contributed by atoms with Gasteiger partial charge in [0.25, 0.3) is 0 Å². The van der Waals surface area contributed by atoms with Gasteiger partial charge in [0.1, 0.15) is 11.6 Å². The summed E-state index contributed by atoms with van der Waals surface area (Å²) in [6, 6.07) is 5.96. The number of nitrogens with one attached hydrogen (secondary N) is 3. The molecule has 0 bridgehead atoms.